The smallest absolute Gasteiger partial charge is 0.225 e. The lowest BCUT2D eigenvalue weighted by Crippen LogP contribution is -2.44. The summed E-state index contributed by atoms with van der Waals surface area (Å²) in [7, 11) is 1.73. The molecule has 2 N–H and O–H groups in total. The van der Waals surface area contributed by atoms with E-state index in [-0.39, 0.29) is 0 Å². The molecule has 120 valence electrons. The number of halogens is 1. The highest BCUT2D eigenvalue weighted by molar-refractivity contribution is 9.10. The molecule has 3 rings (SSSR count). The largest absolute Gasteiger partial charge is 0.479 e. The van der Waals surface area contributed by atoms with E-state index in [2.05, 4.69) is 20.9 Å². The van der Waals surface area contributed by atoms with Gasteiger partial charge in [0.05, 0.1) is 13.2 Å². The number of rotatable bonds is 0. The van der Waals surface area contributed by atoms with Crippen LogP contribution in [0.15, 0.2) is 27.7 Å². The molecule has 0 amide bonds. The van der Waals surface area contributed by atoms with Crippen LogP contribution in [0, 0.1) is 0 Å². The molecule has 1 unspecified atom stereocenters. The molecule has 0 aromatic heterocycles. The first-order valence-electron chi connectivity index (χ1n) is 7.36. The van der Waals surface area contributed by atoms with Crippen LogP contribution < -0.4 is 15.3 Å². The lowest BCUT2D eigenvalue weighted by molar-refractivity contribution is -0.0142. The maximum absolute atomic E-state index is 6.32. The van der Waals surface area contributed by atoms with E-state index in [1.807, 2.05) is 18.2 Å². The maximum atomic E-state index is 6.32. The van der Waals surface area contributed by atoms with Crippen molar-refractivity contribution in [2.75, 3.05) is 26.8 Å². The predicted octanol–water partition coefficient (Wildman–Crippen LogP) is 2.32. The van der Waals surface area contributed by atoms with Crippen LogP contribution in [-0.2, 0) is 4.74 Å². The summed E-state index contributed by atoms with van der Waals surface area (Å²) >= 11 is 3.45. The van der Waals surface area contributed by atoms with Crippen LogP contribution in [0.2, 0.25) is 0 Å². The summed E-state index contributed by atoms with van der Waals surface area (Å²) in [6.07, 6.45) is 2.95. The van der Waals surface area contributed by atoms with Gasteiger partial charge in [-0.25, -0.2) is 4.99 Å². The first-order valence-corrected chi connectivity index (χ1v) is 8.15. The molecular weight excluding hydrogens is 350 g/mol. The second-order valence-corrected chi connectivity index (χ2v) is 6.56. The second kappa shape index (κ2) is 6.34. The molecule has 1 aromatic rings. The maximum Gasteiger partial charge on any atom is 0.225 e. The van der Waals surface area contributed by atoms with Crippen molar-refractivity contribution in [2.45, 2.75) is 24.9 Å². The Morgan fingerprint density at radius 2 is 2.18 bits per heavy atom. The predicted molar refractivity (Wildman–Crippen MR) is 87.1 cm³/mol. The number of hydroxylamine groups is 2. The number of ether oxygens (including phenoxy) is 2. The third-order valence-corrected chi connectivity index (χ3v) is 4.35. The Balaban J connectivity index is 2.01. The van der Waals surface area contributed by atoms with Crippen LogP contribution in [0.4, 0.5) is 0 Å². The highest BCUT2D eigenvalue weighted by Crippen LogP contribution is 2.36. The first kappa shape index (κ1) is 15.4. The topological polar surface area (TPSA) is 69.3 Å². The van der Waals surface area contributed by atoms with Gasteiger partial charge in [-0.05, 0) is 31.4 Å². The van der Waals surface area contributed by atoms with Gasteiger partial charge >= 0.3 is 0 Å². The quantitative estimate of drug-likeness (QED) is 0.759. The van der Waals surface area contributed by atoms with Crippen molar-refractivity contribution in [3.05, 3.63) is 22.7 Å². The second-order valence-electron chi connectivity index (χ2n) is 5.65. The third kappa shape index (κ3) is 3.30. The normalized spacial score (nSPS) is 25.7. The molecule has 0 radical (unpaired) electrons. The van der Waals surface area contributed by atoms with Crippen molar-refractivity contribution < 1.29 is 14.3 Å². The molecule has 0 saturated carbocycles. The average Bonchev–Trinajstić information content (AvgIpc) is 2.71. The fraction of sp³-hybridized carbons (Fsp3) is 0.533. The van der Waals surface area contributed by atoms with E-state index in [0.717, 1.165) is 30.3 Å². The van der Waals surface area contributed by atoms with E-state index in [1.165, 1.54) is 5.06 Å². The Kier molecular flexibility index (Phi) is 4.44. The monoisotopic (exact) mass is 369 g/mol. The number of hydrogen-bond acceptors (Lipinski definition) is 6. The molecule has 0 bridgehead atoms. The summed E-state index contributed by atoms with van der Waals surface area (Å²) < 4.78 is 13.0. The molecule has 0 aliphatic carbocycles. The van der Waals surface area contributed by atoms with Crippen molar-refractivity contribution in [1.29, 1.82) is 0 Å². The van der Waals surface area contributed by atoms with E-state index in [9.17, 15) is 0 Å². The summed E-state index contributed by atoms with van der Waals surface area (Å²) in [5.74, 6) is 1.59. The van der Waals surface area contributed by atoms with Gasteiger partial charge in [-0.2, -0.15) is 5.06 Å². The molecule has 6 nitrogen and oxygen atoms in total. The number of benzene rings is 1. The zero-order chi connectivity index (χ0) is 15.6. The van der Waals surface area contributed by atoms with Crippen molar-refractivity contribution in [3.63, 3.8) is 0 Å². The lowest BCUT2D eigenvalue weighted by atomic mass is 9.98. The van der Waals surface area contributed by atoms with Gasteiger partial charge in [-0.3, -0.25) is 0 Å². The highest BCUT2D eigenvalue weighted by Gasteiger charge is 2.36. The van der Waals surface area contributed by atoms with Crippen LogP contribution in [-0.4, -0.2) is 43.4 Å². The molecule has 2 heterocycles. The van der Waals surface area contributed by atoms with E-state index < -0.39 is 5.60 Å². The van der Waals surface area contributed by atoms with Gasteiger partial charge in [0.1, 0.15) is 0 Å². The Bertz CT molecular complexity index is 571. The summed E-state index contributed by atoms with van der Waals surface area (Å²) in [6, 6.07) is 5.67. The zero-order valence-corrected chi connectivity index (χ0v) is 14.1. The molecule has 1 fully saturated rings. The Morgan fingerprint density at radius 3 is 3.05 bits per heavy atom. The van der Waals surface area contributed by atoms with Crippen molar-refractivity contribution in [1.82, 2.24) is 5.06 Å². The van der Waals surface area contributed by atoms with Crippen molar-refractivity contribution in [2.24, 2.45) is 10.7 Å². The number of guanidine groups is 1. The van der Waals surface area contributed by atoms with Gasteiger partial charge in [0, 0.05) is 24.2 Å². The molecule has 2 aliphatic rings. The SMILES string of the molecule is CN1Oc2cc(Br)ccc2OC2(CCCCOC2)CN=C1N. The number of aliphatic imine (C=N–C) groups is 1. The number of fused-ring (bicyclic) bond motifs is 1. The van der Waals surface area contributed by atoms with Crippen LogP contribution in [0.3, 0.4) is 0 Å². The highest BCUT2D eigenvalue weighted by atomic mass is 79.9. The number of nitrogens with two attached hydrogens (primary N) is 1. The van der Waals surface area contributed by atoms with Gasteiger partial charge in [0.25, 0.3) is 0 Å². The minimum atomic E-state index is -0.502. The van der Waals surface area contributed by atoms with Gasteiger partial charge in [0.15, 0.2) is 17.1 Å². The van der Waals surface area contributed by atoms with E-state index >= 15 is 0 Å². The summed E-state index contributed by atoms with van der Waals surface area (Å²) in [4.78, 5) is 10.2. The van der Waals surface area contributed by atoms with Crippen LogP contribution >= 0.6 is 15.9 Å². The molecule has 22 heavy (non-hydrogen) atoms. The lowest BCUT2D eigenvalue weighted by Gasteiger charge is -2.31. The fourth-order valence-corrected chi connectivity index (χ4v) is 2.95. The standard InChI is InChI=1S/C15H20BrN3O3/c1-19-14(17)18-9-15(6-2-3-7-20-10-15)21-12-5-4-11(16)8-13(12)22-19/h4-5,8H,2-3,6-7,9-10H2,1H3,(H2,17,18). The number of hydrogen-bond donors (Lipinski definition) is 1. The minimum absolute atomic E-state index is 0.319. The molecular formula is C15H20BrN3O3. The first-order chi connectivity index (χ1) is 10.6. The third-order valence-electron chi connectivity index (χ3n) is 3.86. The van der Waals surface area contributed by atoms with Crippen LogP contribution in [0.25, 0.3) is 0 Å². The van der Waals surface area contributed by atoms with E-state index in [0.29, 0.717) is 30.6 Å². The van der Waals surface area contributed by atoms with Gasteiger partial charge < -0.3 is 20.0 Å². The molecule has 7 heteroatoms. The minimum Gasteiger partial charge on any atom is -0.479 e. The zero-order valence-electron chi connectivity index (χ0n) is 12.5. The van der Waals surface area contributed by atoms with Gasteiger partial charge in [-0.1, -0.05) is 15.9 Å². The molecule has 1 atom stereocenters. The van der Waals surface area contributed by atoms with Crippen molar-refractivity contribution >= 4 is 21.9 Å². The van der Waals surface area contributed by atoms with Crippen LogP contribution in [0.5, 0.6) is 11.5 Å². The summed E-state index contributed by atoms with van der Waals surface area (Å²) in [5, 5.41) is 1.45. The van der Waals surface area contributed by atoms with Gasteiger partial charge in [0.2, 0.25) is 5.96 Å². The van der Waals surface area contributed by atoms with E-state index in [1.54, 1.807) is 7.05 Å². The number of nitrogens with zero attached hydrogens (tertiary/aromatic N) is 2. The van der Waals surface area contributed by atoms with Gasteiger partial charge in [-0.15, -0.1) is 0 Å². The molecule has 2 aliphatic heterocycles. The van der Waals surface area contributed by atoms with Crippen molar-refractivity contribution in [3.8, 4) is 11.5 Å². The molecule has 1 spiro atoms. The molecule has 1 aromatic carbocycles. The Morgan fingerprint density at radius 1 is 1.32 bits per heavy atom. The Labute approximate surface area is 138 Å². The Hall–Kier alpha value is -1.47. The average molecular weight is 370 g/mol. The summed E-state index contributed by atoms with van der Waals surface area (Å²) in [6.45, 7) is 1.71. The summed E-state index contributed by atoms with van der Waals surface area (Å²) in [5.41, 5.74) is 5.48. The fourth-order valence-electron chi connectivity index (χ4n) is 2.61. The molecule has 1 saturated heterocycles. The van der Waals surface area contributed by atoms with E-state index in [4.69, 9.17) is 20.0 Å². The van der Waals surface area contributed by atoms with Crippen LogP contribution in [0.1, 0.15) is 19.3 Å².